The van der Waals surface area contributed by atoms with Gasteiger partial charge < -0.3 is 10.0 Å². The maximum absolute atomic E-state index is 9.16. The van der Waals surface area contributed by atoms with Crippen molar-refractivity contribution in [2.24, 2.45) is 0 Å². The van der Waals surface area contributed by atoms with Gasteiger partial charge in [0.25, 0.3) is 0 Å². The first-order valence-corrected chi connectivity index (χ1v) is 6.77. The van der Waals surface area contributed by atoms with Gasteiger partial charge in [0, 0.05) is 22.9 Å². The van der Waals surface area contributed by atoms with E-state index in [-0.39, 0.29) is 6.61 Å². The predicted octanol–water partition coefficient (Wildman–Crippen LogP) is 4.30. The fourth-order valence-corrected chi connectivity index (χ4v) is 2.38. The molecule has 0 radical (unpaired) electrons. The standard InChI is InChI=1S/C16H18ClNO/c1-3-18(14-6-4-5-12(2)9-14)15-8-7-13(11-19)16(17)10-15/h4-10,19H,3,11H2,1-2H3. The molecule has 0 aliphatic carbocycles. The van der Waals surface area contributed by atoms with Crippen molar-refractivity contribution in [3.8, 4) is 0 Å². The Kier molecular flexibility index (Phi) is 4.46. The molecule has 1 N–H and O–H groups in total. The lowest BCUT2D eigenvalue weighted by molar-refractivity contribution is 0.282. The highest BCUT2D eigenvalue weighted by Gasteiger charge is 2.09. The molecule has 0 amide bonds. The van der Waals surface area contributed by atoms with Crippen molar-refractivity contribution in [2.45, 2.75) is 20.5 Å². The molecule has 2 aromatic rings. The molecule has 0 saturated carbocycles. The molecule has 0 fully saturated rings. The van der Waals surface area contributed by atoms with Crippen LogP contribution in [0.15, 0.2) is 42.5 Å². The molecule has 0 unspecified atom stereocenters. The lowest BCUT2D eigenvalue weighted by atomic mass is 10.1. The molecule has 0 bridgehead atoms. The molecule has 2 rings (SSSR count). The van der Waals surface area contributed by atoms with E-state index in [4.69, 9.17) is 16.7 Å². The van der Waals surface area contributed by atoms with Crippen LogP contribution in [0.3, 0.4) is 0 Å². The molecule has 0 atom stereocenters. The summed E-state index contributed by atoms with van der Waals surface area (Å²) in [5.74, 6) is 0. The fourth-order valence-electron chi connectivity index (χ4n) is 2.14. The molecule has 0 aromatic heterocycles. The summed E-state index contributed by atoms with van der Waals surface area (Å²) in [6.07, 6.45) is 0. The van der Waals surface area contributed by atoms with Gasteiger partial charge in [-0.2, -0.15) is 0 Å². The lowest BCUT2D eigenvalue weighted by Gasteiger charge is -2.24. The van der Waals surface area contributed by atoms with Gasteiger partial charge in [0.2, 0.25) is 0 Å². The third-order valence-corrected chi connectivity index (χ3v) is 3.50. The second kappa shape index (κ2) is 6.09. The van der Waals surface area contributed by atoms with Crippen molar-refractivity contribution in [1.29, 1.82) is 0 Å². The number of halogens is 1. The van der Waals surface area contributed by atoms with Crippen LogP contribution in [-0.4, -0.2) is 11.7 Å². The lowest BCUT2D eigenvalue weighted by Crippen LogP contribution is -2.16. The first-order valence-electron chi connectivity index (χ1n) is 6.39. The van der Waals surface area contributed by atoms with Gasteiger partial charge in [-0.05, 0) is 49.2 Å². The van der Waals surface area contributed by atoms with E-state index in [1.165, 1.54) is 5.56 Å². The minimum atomic E-state index is -0.0321. The minimum absolute atomic E-state index is 0.0321. The molecule has 2 aromatic carbocycles. The number of rotatable bonds is 4. The van der Waals surface area contributed by atoms with E-state index in [0.29, 0.717) is 5.02 Å². The van der Waals surface area contributed by atoms with Gasteiger partial charge in [0.05, 0.1) is 6.61 Å². The van der Waals surface area contributed by atoms with Gasteiger partial charge in [-0.15, -0.1) is 0 Å². The highest BCUT2D eigenvalue weighted by Crippen LogP contribution is 2.29. The summed E-state index contributed by atoms with van der Waals surface area (Å²) in [4.78, 5) is 2.19. The normalized spacial score (nSPS) is 10.5. The average molecular weight is 276 g/mol. The highest BCUT2D eigenvalue weighted by atomic mass is 35.5. The van der Waals surface area contributed by atoms with E-state index < -0.39 is 0 Å². The first kappa shape index (κ1) is 13.9. The van der Waals surface area contributed by atoms with Crippen molar-refractivity contribution >= 4 is 23.0 Å². The summed E-state index contributed by atoms with van der Waals surface area (Å²) in [6, 6.07) is 14.1. The van der Waals surface area contributed by atoms with Crippen LogP contribution in [-0.2, 0) is 6.61 Å². The third-order valence-electron chi connectivity index (χ3n) is 3.15. The molecule has 0 aliphatic heterocycles. The van der Waals surface area contributed by atoms with Crippen LogP contribution in [0.2, 0.25) is 5.02 Å². The number of nitrogens with zero attached hydrogens (tertiary/aromatic N) is 1. The minimum Gasteiger partial charge on any atom is -0.392 e. The smallest absolute Gasteiger partial charge is 0.0696 e. The Bertz CT molecular complexity index is 568. The number of aliphatic hydroxyl groups excluding tert-OH is 1. The van der Waals surface area contributed by atoms with E-state index in [1.54, 1.807) is 0 Å². The molecule has 0 aliphatic rings. The van der Waals surface area contributed by atoms with Crippen molar-refractivity contribution < 1.29 is 5.11 Å². The maximum Gasteiger partial charge on any atom is 0.0696 e. The second-order valence-electron chi connectivity index (χ2n) is 4.52. The van der Waals surface area contributed by atoms with Crippen LogP contribution in [0.1, 0.15) is 18.1 Å². The summed E-state index contributed by atoms with van der Waals surface area (Å²) in [6.45, 7) is 5.02. The number of anilines is 2. The Morgan fingerprint density at radius 1 is 1.11 bits per heavy atom. The van der Waals surface area contributed by atoms with Crippen LogP contribution in [0.4, 0.5) is 11.4 Å². The Hall–Kier alpha value is -1.51. The Morgan fingerprint density at radius 3 is 2.42 bits per heavy atom. The number of hydrogen-bond acceptors (Lipinski definition) is 2. The summed E-state index contributed by atoms with van der Waals surface area (Å²) >= 11 is 6.16. The van der Waals surface area contributed by atoms with Gasteiger partial charge in [-0.1, -0.05) is 29.8 Å². The number of benzene rings is 2. The number of aryl methyl sites for hydroxylation is 1. The average Bonchev–Trinajstić information content (AvgIpc) is 2.40. The van der Waals surface area contributed by atoms with Gasteiger partial charge in [-0.25, -0.2) is 0 Å². The van der Waals surface area contributed by atoms with E-state index >= 15 is 0 Å². The topological polar surface area (TPSA) is 23.5 Å². The summed E-state index contributed by atoms with van der Waals surface area (Å²) in [7, 11) is 0. The van der Waals surface area contributed by atoms with Crippen LogP contribution in [0.5, 0.6) is 0 Å². The SMILES string of the molecule is CCN(c1cccc(C)c1)c1ccc(CO)c(Cl)c1. The number of hydrogen-bond donors (Lipinski definition) is 1. The van der Waals surface area contributed by atoms with Crippen molar-refractivity contribution in [2.75, 3.05) is 11.4 Å². The summed E-state index contributed by atoms with van der Waals surface area (Å²) in [5, 5.41) is 9.76. The maximum atomic E-state index is 9.16. The zero-order chi connectivity index (χ0) is 13.8. The van der Waals surface area contributed by atoms with Gasteiger partial charge in [0.1, 0.15) is 0 Å². The molecule has 19 heavy (non-hydrogen) atoms. The van der Waals surface area contributed by atoms with E-state index in [2.05, 4.69) is 43.0 Å². The predicted molar refractivity (Wildman–Crippen MR) is 81.2 cm³/mol. The molecule has 0 heterocycles. The fraction of sp³-hybridized carbons (Fsp3) is 0.250. The largest absolute Gasteiger partial charge is 0.392 e. The van der Waals surface area contributed by atoms with Crippen LogP contribution in [0.25, 0.3) is 0 Å². The number of aliphatic hydroxyl groups is 1. The monoisotopic (exact) mass is 275 g/mol. The quantitative estimate of drug-likeness (QED) is 0.899. The van der Waals surface area contributed by atoms with Crippen molar-refractivity contribution in [3.63, 3.8) is 0 Å². The summed E-state index contributed by atoms with van der Waals surface area (Å²) in [5.41, 5.74) is 4.17. The van der Waals surface area contributed by atoms with E-state index in [9.17, 15) is 0 Å². The van der Waals surface area contributed by atoms with Crippen LogP contribution < -0.4 is 4.90 Å². The molecule has 0 spiro atoms. The molecular weight excluding hydrogens is 258 g/mol. The zero-order valence-corrected chi connectivity index (χ0v) is 12.0. The highest BCUT2D eigenvalue weighted by molar-refractivity contribution is 6.31. The molecule has 3 heteroatoms. The van der Waals surface area contributed by atoms with E-state index in [1.807, 2.05) is 18.2 Å². The second-order valence-corrected chi connectivity index (χ2v) is 4.92. The Balaban J connectivity index is 2.39. The van der Waals surface area contributed by atoms with Crippen LogP contribution in [0, 0.1) is 6.92 Å². The molecule has 0 saturated heterocycles. The summed E-state index contributed by atoms with van der Waals surface area (Å²) < 4.78 is 0. The van der Waals surface area contributed by atoms with Crippen LogP contribution >= 0.6 is 11.6 Å². The van der Waals surface area contributed by atoms with Gasteiger partial charge in [-0.3, -0.25) is 0 Å². The third kappa shape index (κ3) is 3.09. The Labute approximate surface area is 119 Å². The molecular formula is C16H18ClNO. The molecule has 2 nitrogen and oxygen atoms in total. The van der Waals surface area contributed by atoms with Crippen molar-refractivity contribution in [1.82, 2.24) is 0 Å². The van der Waals surface area contributed by atoms with Crippen molar-refractivity contribution in [3.05, 3.63) is 58.6 Å². The first-order chi connectivity index (χ1) is 9.15. The molecule has 100 valence electrons. The van der Waals surface area contributed by atoms with E-state index in [0.717, 1.165) is 23.5 Å². The Morgan fingerprint density at radius 2 is 1.84 bits per heavy atom. The van der Waals surface area contributed by atoms with Gasteiger partial charge >= 0.3 is 0 Å². The van der Waals surface area contributed by atoms with Gasteiger partial charge in [0.15, 0.2) is 0 Å². The zero-order valence-electron chi connectivity index (χ0n) is 11.2.